The molecule has 1 atom stereocenters. The van der Waals surface area contributed by atoms with E-state index in [9.17, 15) is 22.8 Å². The molecule has 3 rings (SSSR count). The van der Waals surface area contributed by atoms with E-state index in [1.807, 2.05) is 42.5 Å². The molecule has 1 amide bonds. The first-order valence-corrected chi connectivity index (χ1v) is 9.49. The van der Waals surface area contributed by atoms with E-state index in [2.05, 4.69) is 5.32 Å². The highest BCUT2D eigenvalue weighted by Crippen LogP contribution is 2.31. The highest BCUT2D eigenvalue weighted by Gasteiger charge is 2.35. The van der Waals surface area contributed by atoms with Crippen LogP contribution in [0.15, 0.2) is 78.9 Å². The van der Waals surface area contributed by atoms with Crippen molar-refractivity contribution in [3.8, 4) is 11.1 Å². The van der Waals surface area contributed by atoms with Crippen LogP contribution in [0.25, 0.3) is 11.1 Å². The molecule has 0 fully saturated rings. The molecule has 0 bridgehead atoms. The van der Waals surface area contributed by atoms with Crippen molar-refractivity contribution in [2.45, 2.75) is 18.6 Å². The van der Waals surface area contributed by atoms with Gasteiger partial charge in [0.25, 0.3) is 5.91 Å². The maximum atomic E-state index is 13.2. The first-order chi connectivity index (χ1) is 14.8. The Bertz CT molecular complexity index is 1050. The van der Waals surface area contributed by atoms with Crippen molar-refractivity contribution in [3.63, 3.8) is 0 Å². The fourth-order valence-electron chi connectivity index (χ4n) is 3.20. The fourth-order valence-corrected chi connectivity index (χ4v) is 3.20. The number of rotatable bonds is 6. The lowest BCUT2D eigenvalue weighted by molar-refractivity contribution is -0.142. The summed E-state index contributed by atoms with van der Waals surface area (Å²) in [7, 11) is 1.16. The highest BCUT2D eigenvalue weighted by molar-refractivity contribution is 5.98. The zero-order chi connectivity index (χ0) is 22.4. The summed E-state index contributed by atoms with van der Waals surface area (Å²) < 4.78 is 44.4. The summed E-state index contributed by atoms with van der Waals surface area (Å²) >= 11 is 0. The number of hydrogen-bond donors (Lipinski definition) is 1. The number of benzene rings is 3. The second-order valence-electron chi connectivity index (χ2n) is 6.86. The molecular weight excluding hydrogens is 407 g/mol. The number of ether oxygens (including phenoxy) is 1. The molecule has 0 aliphatic carbocycles. The molecule has 0 aliphatic heterocycles. The van der Waals surface area contributed by atoms with Gasteiger partial charge in [-0.15, -0.1) is 0 Å². The Kier molecular flexibility index (Phi) is 6.74. The molecule has 0 saturated heterocycles. The smallest absolute Gasteiger partial charge is 0.417 e. The minimum atomic E-state index is -4.69. The number of carbonyl (C=O) groups is 2. The predicted octanol–water partition coefficient (Wildman–Crippen LogP) is 4.89. The number of hydrogen-bond acceptors (Lipinski definition) is 3. The number of halogens is 3. The van der Waals surface area contributed by atoms with Crippen molar-refractivity contribution in [1.82, 2.24) is 5.32 Å². The van der Waals surface area contributed by atoms with Gasteiger partial charge in [0.15, 0.2) is 0 Å². The normalized spacial score (nSPS) is 12.1. The van der Waals surface area contributed by atoms with Crippen molar-refractivity contribution >= 4 is 11.9 Å². The lowest BCUT2D eigenvalue weighted by Gasteiger charge is -2.18. The van der Waals surface area contributed by atoms with E-state index in [1.165, 1.54) is 12.1 Å². The third-order valence-corrected chi connectivity index (χ3v) is 4.77. The SMILES string of the molecule is COC(=O)[C@H](Cc1ccc(-c2ccccc2)cc1)NC(=O)c1ccccc1C(F)(F)F. The number of amides is 1. The third kappa shape index (κ3) is 5.51. The van der Waals surface area contributed by atoms with E-state index < -0.39 is 35.2 Å². The van der Waals surface area contributed by atoms with Gasteiger partial charge in [-0.05, 0) is 28.8 Å². The molecule has 4 nitrogen and oxygen atoms in total. The van der Waals surface area contributed by atoms with Gasteiger partial charge in [-0.25, -0.2) is 4.79 Å². The van der Waals surface area contributed by atoms with Gasteiger partial charge in [0.2, 0.25) is 0 Å². The molecule has 0 heterocycles. The Labute approximate surface area is 177 Å². The molecule has 0 radical (unpaired) electrons. The van der Waals surface area contributed by atoms with Crippen LogP contribution in [0.1, 0.15) is 21.5 Å². The molecule has 0 saturated carbocycles. The van der Waals surface area contributed by atoms with E-state index in [0.717, 1.165) is 35.9 Å². The first kappa shape index (κ1) is 22.1. The summed E-state index contributed by atoms with van der Waals surface area (Å²) in [5.41, 5.74) is 1.10. The Morgan fingerprint density at radius 3 is 2.06 bits per heavy atom. The van der Waals surface area contributed by atoms with Gasteiger partial charge >= 0.3 is 12.1 Å². The molecule has 160 valence electrons. The topological polar surface area (TPSA) is 55.4 Å². The molecule has 0 aliphatic rings. The summed E-state index contributed by atoms with van der Waals surface area (Å²) in [6, 6.07) is 20.3. The van der Waals surface area contributed by atoms with Crippen molar-refractivity contribution in [1.29, 1.82) is 0 Å². The van der Waals surface area contributed by atoms with Crippen molar-refractivity contribution in [2.24, 2.45) is 0 Å². The van der Waals surface area contributed by atoms with Crippen LogP contribution in [0.5, 0.6) is 0 Å². The minimum absolute atomic E-state index is 0.0711. The average molecular weight is 427 g/mol. The second kappa shape index (κ2) is 9.47. The van der Waals surface area contributed by atoms with Crippen molar-refractivity contribution in [2.75, 3.05) is 7.11 Å². The van der Waals surface area contributed by atoms with Gasteiger partial charge in [0.05, 0.1) is 18.2 Å². The quantitative estimate of drug-likeness (QED) is 0.570. The zero-order valence-electron chi connectivity index (χ0n) is 16.6. The summed E-state index contributed by atoms with van der Waals surface area (Å²) in [5, 5.41) is 2.38. The molecule has 0 aromatic heterocycles. The Morgan fingerprint density at radius 1 is 0.871 bits per heavy atom. The van der Waals surface area contributed by atoms with Crippen molar-refractivity contribution in [3.05, 3.63) is 95.6 Å². The maximum Gasteiger partial charge on any atom is 0.417 e. The molecular formula is C24H20F3NO3. The average Bonchev–Trinajstić information content (AvgIpc) is 2.78. The van der Waals surface area contributed by atoms with Crippen LogP contribution >= 0.6 is 0 Å². The Morgan fingerprint density at radius 2 is 1.45 bits per heavy atom. The predicted molar refractivity (Wildman–Crippen MR) is 110 cm³/mol. The Hall–Kier alpha value is -3.61. The van der Waals surface area contributed by atoms with E-state index in [4.69, 9.17) is 4.74 Å². The minimum Gasteiger partial charge on any atom is -0.467 e. The number of alkyl halides is 3. The fraction of sp³-hybridized carbons (Fsp3) is 0.167. The summed E-state index contributed by atoms with van der Waals surface area (Å²) in [5.74, 6) is -1.74. The summed E-state index contributed by atoms with van der Waals surface area (Å²) in [6.07, 6.45) is -4.62. The van der Waals surface area contributed by atoms with Crippen LogP contribution in [0.4, 0.5) is 13.2 Å². The number of esters is 1. The van der Waals surface area contributed by atoms with Gasteiger partial charge < -0.3 is 10.1 Å². The van der Waals surface area contributed by atoms with E-state index in [1.54, 1.807) is 12.1 Å². The largest absolute Gasteiger partial charge is 0.467 e. The van der Waals surface area contributed by atoms with Gasteiger partial charge in [-0.1, -0.05) is 66.7 Å². The van der Waals surface area contributed by atoms with Crippen LogP contribution in [0.2, 0.25) is 0 Å². The zero-order valence-corrected chi connectivity index (χ0v) is 16.6. The summed E-state index contributed by atoms with van der Waals surface area (Å²) in [4.78, 5) is 24.7. The van der Waals surface area contributed by atoms with E-state index >= 15 is 0 Å². The van der Waals surface area contributed by atoms with Gasteiger partial charge in [0.1, 0.15) is 6.04 Å². The molecule has 0 spiro atoms. The van der Waals surface area contributed by atoms with Crippen LogP contribution in [-0.2, 0) is 22.1 Å². The molecule has 1 N–H and O–H groups in total. The number of methoxy groups -OCH3 is 1. The lowest BCUT2D eigenvalue weighted by atomic mass is 10.00. The highest BCUT2D eigenvalue weighted by atomic mass is 19.4. The summed E-state index contributed by atoms with van der Waals surface area (Å²) in [6.45, 7) is 0. The van der Waals surface area contributed by atoms with E-state index in [-0.39, 0.29) is 6.42 Å². The third-order valence-electron chi connectivity index (χ3n) is 4.77. The number of carbonyl (C=O) groups excluding carboxylic acids is 2. The van der Waals surface area contributed by atoms with Gasteiger partial charge in [-0.3, -0.25) is 4.79 Å². The lowest BCUT2D eigenvalue weighted by Crippen LogP contribution is -2.43. The van der Waals surface area contributed by atoms with Crippen LogP contribution in [0.3, 0.4) is 0 Å². The second-order valence-corrected chi connectivity index (χ2v) is 6.86. The van der Waals surface area contributed by atoms with Gasteiger partial charge in [-0.2, -0.15) is 13.2 Å². The molecule has 7 heteroatoms. The van der Waals surface area contributed by atoms with Crippen LogP contribution in [-0.4, -0.2) is 25.0 Å². The van der Waals surface area contributed by atoms with Crippen molar-refractivity contribution < 1.29 is 27.5 Å². The van der Waals surface area contributed by atoms with Gasteiger partial charge in [0, 0.05) is 6.42 Å². The van der Waals surface area contributed by atoms with Crippen LogP contribution < -0.4 is 5.32 Å². The molecule has 0 unspecified atom stereocenters. The monoisotopic (exact) mass is 427 g/mol. The molecule has 3 aromatic rings. The van der Waals surface area contributed by atoms with E-state index in [0.29, 0.717) is 0 Å². The first-order valence-electron chi connectivity index (χ1n) is 9.49. The number of nitrogens with one attached hydrogen (secondary N) is 1. The van der Waals surface area contributed by atoms with Crippen LogP contribution in [0, 0.1) is 0 Å². The standard InChI is InChI=1S/C24H20F3NO3/c1-31-23(30)21(28-22(29)19-9-5-6-10-20(19)24(25,26)27)15-16-11-13-18(14-12-16)17-7-3-2-4-8-17/h2-14,21H,15H2,1H3,(H,28,29)/t21-/m0/s1. The maximum absolute atomic E-state index is 13.2. The molecule has 31 heavy (non-hydrogen) atoms. The molecule has 3 aromatic carbocycles. The Balaban J connectivity index is 1.79.